The fraction of sp³-hybridized carbons (Fsp3) is 0.400. The second-order valence-electron chi connectivity index (χ2n) is 6.95. The van der Waals surface area contributed by atoms with Crippen molar-refractivity contribution in [1.29, 1.82) is 0 Å². The zero-order valence-electron chi connectivity index (χ0n) is 14.7. The number of fused-ring (bicyclic) bond motifs is 2. The molecule has 25 heavy (non-hydrogen) atoms. The van der Waals surface area contributed by atoms with Crippen molar-refractivity contribution in [2.45, 2.75) is 18.4 Å². The highest BCUT2D eigenvalue weighted by Crippen LogP contribution is 2.51. The van der Waals surface area contributed by atoms with Gasteiger partial charge in [0.2, 0.25) is 6.79 Å². The minimum atomic E-state index is 0.294. The second-order valence-corrected chi connectivity index (χ2v) is 6.95. The lowest BCUT2D eigenvalue weighted by molar-refractivity contribution is 0.174. The van der Waals surface area contributed by atoms with Gasteiger partial charge in [-0.3, -0.25) is 4.90 Å². The highest BCUT2D eigenvalue weighted by molar-refractivity contribution is 5.59. The number of hydrogen-bond acceptors (Lipinski definition) is 5. The molecule has 0 radical (unpaired) electrons. The Morgan fingerprint density at radius 3 is 2.32 bits per heavy atom. The molecule has 2 bridgehead atoms. The number of benzene rings is 2. The van der Waals surface area contributed by atoms with Crippen molar-refractivity contribution in [3.8, 4) is 23.0 Å². The zero-order valence-corrected chi connectivity index (χ0v) is 14.7. The molecular weight excluding hydrogens is 318 g/mol. The first-order chi connectivity index (χ1) is 12.2. The Morgan fingerprint density at radius 2 is 1.60 bits per heavy atom. The molecule has 0 saturated heterocycles. The molecule has 1 aliphatic carbocycles. The summed E-state index contributed by atoms with van der Waals surface area (Å²) in [5.74, 6) is 3.60. The minimum absolute atomic E-state index is 0.294. The molecule has 3 heterocycles. The third-order valence-electron chi connectivity index (χ3n) is 5.75. The Labute approximate surface area is 147 Å². The molecule has 5 heteroatoms. The van der Waals surface area contributed by atoms with Gasteiger partial charge in [-0.15, -0.1) is 0 Å². The van der Waals surface area contributed by atoms with Gasteiger partial charge in [-0.25, -0.2) is 0 Å². The summed E-state index contributed by atoms with van der Waals surface area (Å²) in [4.78, 5) is 2.44. The van der Waals surface area contributed by atoms with Gasteiger partial charge >= 0.3 is 0 Å². The highest BCUT2D eigenvalue weighted by atomic mass is 16.7. The van der Waals surface area contributed by atoms with Crippen LogP contribution in [0.3, 0.4) is 0 Å². The van der Waals surface area contributed by atoms with E-state index in [0.29, 0.717) is 18.8 Å². The molecule has 0 N–H and O–H groups in total. The van der Waals surface area contributed by atoms with Crippen molar-refractivity contribution >= 4 is 0 Å². The van der Waals surface area contributed by atoms with Crippen LogP contribution < -0.4 is 18.9 Å². The Morgan fingerprint density at radius 1 is 0.920 bits per heavy atom. The average Bonchev–Trinajstić information content (AvgIpc) is 2.99. The predicted octanol–water partition coefficient (Wildman–Crippen LogP) is 3.11. The molecule has 0 amide bonds. The van der Waals surface area contributed by atoms with Crippen molar-refractivity contribution in [3.05, 3.63) is 46.5 Å². The van der Waals surface area contributed by atoms with Gasteiger partial charge in [0.25, 0.3) is 0 Å². The van der Waals surface area contributed by atoms with Crippen LogP contribution in [-0.2, 0) is 6.42 Å². The van der Waals surface area contributed by atoms with Crippen LogP contribution in [0.15, 0.2) is 24.3 Å². The summed E-state index contributed by atoms with van der Waals surface area (Å²) in [6.07, 6.45) is 0.954. The van der Waals surface area contributed by atoms with Crippen LogP contribution in [0.25, 0.3) is 0 Å². The van der Waals surface area contributed by atoms with Gasteiger partial charge in [-0.05, 0) is 60.0 Å². The van der Waals surface area contributed by atoms with E-state index in [4.69, 9.17) is 18.9 Å². The summed E-state index contributed by atoms with van der Waals surface area (Å²) < 4.78 is 22.3. The van der Waals surface area contributed by atoms with E-state index in [-0.39, 0.29) is 0 Å². The van der Waals surface area contributed by atoms with E-state index < -0.39 is 0 Å². The Balaban J connectivity index is 1.73. The predicted molar refractivity (Wildman–Crippen MR) is 93.0 cm³/mol. The topological polar surface area (TPSA) is 40.2 Å². The molecule has 2 aromatic carbocycles. The Kier molecular flexibility index (Phi) is 3.16. The number of rotatable bonds is 2. The normalized spacial score (nSPS) is 23.0. The number of ether oxygens (including phenoxy) is 4. The smallest absolute Gasteiger partial charge is 0.231 e. The SMILES string of the molecule is COc1cc2c(cc1OC)[C@H]1CN(C)[C@@H](C2)c2cc3c(cc21)OCO3. The quantitative estimate of drug-likeness (QED) is 0.841. The van der Waals surface area contributed by atoms with Crippen LogP contribution in [0.2, 0.25) is 0 Å². The van der Waals surface area contributed by atoms with Crippen molar-refractivity contribution < 1.29 is 18.9 Å². The maximum Gasteiger partial charge on any atom is 0.231 e. The molecule has 4 aliphatic rings. The lowest BCUT2D eigenvalue weighted by atomic mass is 9.84. The summed E-state index contributed by atoms with van der Waals surface area (Å²) in [7, 11) is 5.58. The van der Waals surface area contributed by atoms with Crippen LogP contribution in [0.4, 0.5) is 0 Å². The fourth-order valence-corrected chi connectivity index (χ4v) is 4.49. The molecule has 0 spiro atoms. The molecule has 0 unspecified atom stereocenters. The second kappa shape index (κ2) is 5.30. The zero-order chi connectivity index (χ0) is 17.1. The largest absolute Gasteiger partial charge is 0.493 e. The van der Waals surface area contributed by atoms with E-state index in [1.165, 1.54) is 22.3 Å². The minimum Gasteiger partial charge on any atom is -0.493 e. The van der Waals surface area contributed by atoms with Gasteiger partial charge in [-0.1, -0.05) is 0 Å². The van der Waals surface area contributed by atoms with E-state index in [2.05, 4.69) is 36.2 Å². The van der Waals surface area contributed by atoms with Crippen LogP contribution in [-0.4, -0.2) is 39.5 Å². The van der Waals surface area contributed by atoms with Gasteiger partial charge in [0.1, 0.15) is 0 Å². The maximum atomic E-state index is 5.63. The van der Waals surface area contributed by atoms with E-state index in [9.17, 15) is 0 Å². The summed E-state index contributed by atoms with van der Waals surface area (Å²) >= 11 is 0. The summed E-state index contributed by atoms with van der Waals surface area (Å²) in [6, 6.07) is 8.97. The van der Waals surface area contributed by atoms with Crippen molar-refractivity contribution in [2.24, 2.45) is 0 Å². The fourth-order valence-electron chi connectivity index (χ4n) is 4.49. The summed E-state index contributed by atoms with van der Waals surface area (Å²) in [6.45, 7) is 1.30. The molecule has 130 valence electrons. The van der Waals surface area contributed by atoms with Crippen LogP contribution in [0, 0.1) is 0 Å². The average molecular weight is 339 g/mol. The van der Waals surface area contributed by atoms with Crippen molar-refractivity contribution in [3.63, 3.8) is 0 Å². The number of likely N-dealkylation sites (N-methyl/N-ethyl adjacent to an activating group) is 1. The monoisotopic (exact) mass is 339 g/mol. The first-order valence-electron chi connectivity index (χ1n) is 8.58. The summed E-state index contributed by atoms with van der Waals surface area (Å²) in [5.41, 5.74) is 5.34. The van der Waals surface area contributed by atoms with Gasteiger partial charge in [0, 0.05) is 18.5 Å². The Bertz CT molecular complexity index is 863. The van der Waals surface area contributed by atoms with Gasteiger partial charge in [-0.2, -0.15) is 0 Å². The van der Waals surface area contributed by atoms with Crippen LogP contribution in [0.1, 0.15) is 34.2 Å². The van der Waals surface area contributed by atoms with Crippen molar-refractivity contribution in [1.82, 2.24) is 4.90 Å². The highest BCUT2D eigenvalue weighted by Gasteiger charge is 2.39. The Hall–Kier alpha value is -2.40. The molecule has 3 aliphatic heterocycles. The molecule has 2 aromatic rings. The van der Waals surface area contributed by atoms with E-state index >= 15 is 0 Å². The maximum absolute atomic E-state index is 5.63. The first-order valence-corrected chi connectivity index (χ1v) is 8.58. The number of nitrogens with zero attached hydrogens (tertiary/aromatic N) is 1. The first kappa shape index (κ1) is 14.9. The van der Waals surface area contributed by atoms with Crippen LogP contribution >= 0.6 is 0 Å². The molecule has 0 aromatic heterocycles. The number of hydrogen-bond donors (Lipinski definition) is 0. The third-order valence-corrected chi connectivity index (χ3v) is 5.75. The van der Waals surface area contributed by atoms with Crippen molar-refractivity contribution in [2.75, 3.05) is 34.6 Å². The number of methoxy groups -OCH3 is 2. The lowest BCUT2D eigenvalue weighted by Crippen LogP contribution is -2.33. The standard InChI is InChI=1S/C20H21NO4/c1-21-9-15-12-6-18(23-3)17(22-2)5-11(12)4-16(21)14-8-20-19(7-13(14)15)24-10-25-20/h5-8,15-16H,4,9-10H2,1-3H3/t15-,16+/m1/s1. The molecule has 0 saturated carbocycles. The van der Waals surface area contributed by atoms with E-state index in [0.717, 1.165) is 36.0 Å². The molecule has 6 rings (SSSR count). The van der Waals surface area contributed by atoms with E-state index in [1.807, 2.05) is 0 Å². The van der Waals surface area contributed by atoms with Gasteiger partial charge < -0.3 is 18.9 Å². The van der Waals surface area contributed by atoms with Gasteiger partial charge in [0.15, 0.2) is 23.0 Å². The van der Waals surface area contributed by atoms with Gasteiger partial charge in [0.05, 0.1) is 14.2 Å². The molecule has 5 nitrogen and oxygen atoms in total. The molecular formula is C20H21NO4. The third kappa shape index (κ3) is 2.05. The molecule has 2 atom stereocenters. The van der Waals surface area contributed by atoms with Crippen LogP contribution in [0.5, 0.6) is 23.0 Å². The molecule has 0 fully saturated rings. The summed E-state index contributed by atoms with van der Waals surface area (Å²) in [5, 5.41) is 0. The lowest BCUT2D eigenvalue weighted by Gasteiger charge is -2.36. The van der Waals surface area contributed by atoms with E-state index in [1.54, 1.807) is 14.2 Å².